The molecule has 0 bridgehead atoms. The van der Waals surface area contributed by atoms with E-state index < -0.39 is 15.1 Å². The normalized spacial score (nSPS) is 18.7. The molecule has 2 heteroatoms. The van der Waals surface area contributed by atoms with Gasteiger partial charge in [-0.25, -0.2) is 0 Å². The molecule has 0 nitrogen and oxygen atoms in total. The van der Waals surface area contributed by atoms with Gasteiger partial charge in [0.25, 0.3) is 0 Å². The molecule has 0 radical (unpaired) electrons. The molecule has 2 aromatic heterocycles. The van der Waals surface area contributed by atoms with Gasteiger partial charge in [0, 0.05) is 32.5 Å². The maximum atomic E-state index is 2.49. The fourth-order valence-corrected chi connectivity index (χ4v) is 14.9. The Bertz CT molecular complexity index is 1260. The van der Waals surface area contributed by atoms with E-state index in [0.29, 0.717) is 11.8 Å². The highest BCUT2D eigenvalue weighted by molar-refractivity contribution is 7.62. The van der Waals surface area contributed by atoms with Crippen molar-refractivity contribution in [2.75, 3.05) is 0 Å². The first-order chi connectivity index (χ1) is 17.2. The van der Waals surface area contributed by atoms with Crippen molar-refractivity contribution in [2.24, 2.45) is 11.8 Å². The zero-order chi connectivity index (χ0) is 25.7. The van der Waals surface area contributed by atoms with Gasteiger partial charge in [-0.1, -0.05) is 88.4 Å². The second-order valence-corrected chi connectivity index (χ2v) is 16.2. The van der Waals surface area contributed by atoms with Crippen molar-refractivity contribution in [3.8, 4) is 32.3 Å². The van der Waals surface area contributed by atoms with Crippen LogP contribution in [0.2, 0.25) is 0 Å². The number of rotatable bonds is 4. The third kappa shape index (κ3) is 4.06. The Balaban J connectivity index is 1.94. The molecular weight excluding hydrogens is 470 g/mol. The average molecular weight is 513 g/mol. The van der Waals surface area contributed by atoms with Crippen LogP contribution in [0.1, 0.15) is 74.1 Å². The molecule has 0 spiro atoms. The molecule has 4 atom stereocenters. The molecule has 0 saturated carbocycles. The SMILES string of the molecule is Cc1c(C)c2p(c1-c1ccccc1)[C@H](C(C)C)CC[C@@H](C(C)C)p1c(-c3ccccc3)c(C)c(C)c1-2. The second-order valence-electron chi connectivity index (χ2n) is 11.6. The van der Waals surface area contributed by atoms with E-state index in [9.17, 15) is 0 Å². The van der Waals surface area contributed by atoms with Gasteiger partial charge < -0.3 is 0 Å². The smallest absolute Gasteiger partial charge is 0.00951 e. The van der Waals surface area contributed by atoms with Crippen molar-refractivity contribution >= 4 is 15.1 Å². The minimum absolute atomic E-state index is 0.397. The summed E-state index contributed by atoms with van der Waals surface area (Å²) in [4.78, 5) is 0. The van der Waals surface area contributed by atoms with E-state index in [1.54, 1.807) is 43.4 Å². The van der Waals surface area contributed by atoms with E-state index in [-0.39, 0.29) is 0 Å². The highest BCUT2D eigenvalue weighted by Gasteiger charge is 2.37. The van der Waals surface area contributed by atoms with Crippen molar-refractivity contribution in [3.63, 3.8) is 0 Å². The molecule has 1 aliphatic rings. The molecule has 0 aliphatic carbocycles. The first-order valence-corrected chi connectivity index (χ1v) is 16.6. The molecule has 0 saturated heterocycles. The summed E-state index contributed by atoms with van der Waals surface area (Å²) in [5, 5.41) is 6.86. The third-order valence-electron chi connectivity index (χ3n) is 8.79. The average Bonchev–Trinajstić information content (AvgIpc) is 3.24. The van der Waals surface area contributed by atoms with Gasteiger partial charge in [-0.05, 0) is 85.8 Å². The van der Waals surface area contributed by atoms with Crippen LogP contribution < -0.4 is 0 Å². The molecule has 2 unspecified atom stereocenters. The topological polar surface area (TPSA) is 0 Å². The molecule has 3 heterocycles. The van der Waals surface area contributed by atoms with E-state index in [0.717, 1.165) is 11.3 Å². The lowest BCUT2D eigenvalue weighted by molar-refractivity contribution is 0.458. The molecule has 0 fully saturated rings. The monoisotopic (exact) mass is 512 g/mol. The van der Waals surface area contributed by atoms with Crippen LogP contribution in [0.15, 0.2) is 60.7 Å². The largest absolute Gasteiger partial charge is 0.104 e. The van der Waals surface area contributed by atoms with Gasteiger partial charge in [0.1, 0.15) is 0 Å². The summed E-state index contributed by atoms with van der Waals surface area (Å²) >= 11 is 0. The highest BCUT2D eigenvalue weighted by atomic mass is 31.1. The van der Waals surface area contributed by atoms with Gasteiger partial charge in [-0.3, -0.25) is 0 Å². The van der Waals surface area contributed by atoms with E-state index in [4.69, 9.17) is 0 Å². The Morgan fingerprint density at radius 3 is 1.11 bits per heavy atom. The van der Waals surface area contributed by atoms with Crippen molar-refractivity contribution in [1.82, 2.24) is 0 Å². The van der Waals surface area contributed by atoms with Crippen LogP contribution in [0.25, 0.3) is 32.3 Å². The molecule has 0 N–H and O–H groups in total. The molecule has 36 heavy (non-hydrogen) atoms. The first-order valence-electron chi connectivity index (χ1n) is 13.8. The Morgan fingerprint density at radius 2 is 0.806 bits per heavy atom. The van der Waals surface area contributed by atoms with Crippen LogP contribution in [-0.4, -0.2) is 0 Å². The van der Waals surface area contributed by atoms with E-state index in [1.807, 2.05) is 0 Å². The van der Waals surface area contributed by atoms with Crippen molar-refractivity contribution in [2.45, 2.75) is 79.5 Å². The summed E-state index contributed by atoms with van der Waals surface area (Å²) in [6, 6.07) is 22.7. The maximum absolute atomic E-state index is 2.49. The van der Waals surface area contributed by atoms with E-state index >= 15 is 0 Å². The predicted octanol–water partition coefficient (Wildman–Crippen LogP) is 12.1. The van der Waals surface area contributed by atoms with Crippen molar-refractivity contribution < 1.29 is 0 Å². The van der Waals surface area contributed by atoms with Gasteiger partial charge in [-0.15, -0.1) is 15.1 Å². The minimum Gasteiger partial charge on any atom is -0.104 e. The van der Waals surface area contributed by atoms with Crippen LogP contribution in [-0.2, 0) is 0 Å². The Hall–Kier alpha value is -2.00. The predicted molar refractivity (Wildman–Crippen MR) is 164 cm³/mol. The lowest BCUT2D eigenvalue weighted by atomic mass is 10.00. The van der Waals surface area contributed by atoms with Crippen LogP contribution in [0, 0.1) is 39.5 Å². The third-order valence-corrected chi connectivity index (χ3v) is 16.2. The standard InChI is InChI=1S/C34H42P2/c1-21(2)29-19-20-30(22(3)4)36-32(28-17-13-10-14-18-28)24(6)26(8)34(36)33-25(7)23(5)31(35(29)33)27-15-11-9-12-16-27/h9-18,21-22,29-30H,19-20H2,1-8H3/t29-,30-,35?,36?/m0/s1. The lowest BCUT2D eigenvalue weighted by Crippen LogP contribution is -2.08. The number of benzene rings is 2. The van der Waals surface area contributed by atoms with Gasteiger partial charge in [0.15, 0.2) is 0 Å². The zero-order valence-electron chi connectivity index (χ0n) is 23.4. The fraction of sp³-hybridized carbons (Fsp3) is 0.412. The fourth-order valence-electron chi connectivity index (χ4n) is 6.67. The molecule has 188 valence electrons. The summed E-state index contributed by atoms with van der Waals surface area (Å²) in [6.07, 6.45) is 2.69. The van der Waals surface area contributed by atoms with Gasteiger partial charge >= 0.3 is 0 Å². The van der Waals surface area contributed by atoms with Crippen LogP contribution in [0.4, 0.5) is 0 Å². The summed E-state index contributed by atoms with van der Waals surface area (Å²) in [5.74, 6) is 1.37. The molecule has 4 aromatic rings. The zero-order valence-corrected chi connectivity index (χ0v) is 25.2. The lowest BCUT2D eigenvalue weighted by Gasteiger charge is -2.33. The Kier molecular flexibility index (Phi) is 7.15. The number of hydrogen-bond donors (Lipinski definition) is 0. The summed E-state index contributed by atoms with van der Waals surface area (Å²) in [7, 11) is -0.795. The van der Waals surface area contributed by atoms with Crippen LogP contribution in [0.5, 0.6) is 0 Å². The number of hydrogen-bond acceptors (Lipinski definition) is 0. The second kappa shape index (κ2) is 10.0. The molecule has 5 rings (SSSR count). The molecule has 0 amide bonds. The van der Waals surface area contributed by atoms with E-state index in [2.05, 4.69) is 116 Å². The van der Waals surface area contributed by atoms with Crippen LogP contribution >= 0.6 is 15.1 Å². The highest BCUT2D eigenvalue weighted by Crippen LogP contribution is 2.73. The Morgan fingerprint density at radius 1 is 0.500 bits per heavy atom. The van der Waals surface area contributed by atoms with Gasteiger partial charge in [-0.2, -0.15) is 0 Å². The summed E-state index contributed by atoms with van der Waals surface area (Å²) in [6.45, 7) is 19.7. The Labute approximate surface area is 221 Å². The molecular formula is C34H42P2. The number of fused-ring (bicyclic) bond motifs is 3. The minimum atomic E-state index is -0.397. The first kappa shape index (κ1) is 25.6. The maximum Gasteiger partial charge on any atom is 0.00951 e. The van der Waals surface area contributed by atoms with Crippen molar-refractivity contribution in [1.29, 1.82) is 0 Å². The summed E-state index contributed by atoms with van der Waals surface area (Å²) in [5.41, 5.74) is 10.6. The van der Waals surface area contributed by atoms with Crippen LogP contribution in [0.3, 0.4) is 0 Å². The quantitative estimate of drug-likeness (QED) is 0.255. The summed E-state index contributed by atoms with van der Waals surface area (Å²) < 4.78 is 0. The van der Waals surface area contributed by atoms with E-state index in [1.165, 1.54) is 24.0 Å². The van der Waals surface area contributed by atoms with Gasteiger partial charge in [0.05, 0.1) is 0 Å². The van der Waals surface area contributed by atoms with Crippen molar-refractivity contribution in [3.05, 3.63) is 82.9 Å². The van der Waals surface area contributed by atoms with Gasteiger partial charge in [0.2, 0.25) is 0 Å². The molecule has 1 aliphatic heterocycles. The molecule has 2 aromatic carbocycles.